The molecule has 0 bridgehead atoms. The van der Waals surface area contributed by atoms with Crippen molar-refractivity contribution in [1.29, 1.82) is 0 Å². The van der Waals surface area contributed by atoms with Crippen molar-refractivity contribution in [3.63, 3.8) is 0 Å². The van der Waals surface area contributed by atoms with Crippen molar-refractivity contribution >= 4 is 5.97 Å². The van der Waals surface area contributed by atoms with E-state index < -0.39 is 5.97 Å². The molecular weight excluding hydrogens is 210 g/mol. The minimum absolute atomic E-state index is 0.0446. The van der Waals surface area contributed by atoms with E-state index in [-0.39, 0.29) is 12.1 Å². The molecule has 0 saturated carbocycles. The summed E-state index contributed by atoms with van der Waals surface area (Å²) in [4.78, 5) is 16.6. The molecule has 0 aromatic carbocycles. The van der Waals surface area contributed by atoms with Crippen LogP contribution in [0.15, 0.2) is 4.52 Å². The van der Waals surface area contributed by atoms with Crippen LogP contribution in [0.25, 0.3) is 0 Å². The molecule has 1 aromatic heterocycles. The van der Waals surface area contributed by atoms with Gasteiger partial charge in [-0.05, 0) is 20.8 Å². The van der Waals surface area contributed by atoms with Gasteiger partial charge in [-0.25, -0.2) is 0 Å². The Hall–Kier alpha value is -1.43. The SMILES string of the molecule is Cc1nc(CN(CC(=O)O)C(C)(C)C)no1. The number of hydrogen-bond acceptors (Lipinski definition) is 5. The van der Waals surface area contributed by atoms with Gasteiger partial charge in [0, 0.05) is 12.5 Å². The van der Waals surface area contributed by atoms with E-state index in [9.17, 15) is 4.79 Å². The van der Waals surface area contributed by atoms with Gasteiger partial charge in [0.1, 0.15) is 0 Å². The topological polar surface area (TPSA) is 79.5 Å². The zero-order valence-electron chi connectivity index (χ0n) is 10.0. The summed E-state index contributed by atoms with van der Waals surface area (Å²) in [6, 6.07) is 0. The Kier molecular flexibility index (Phi) is 3.64. The smallest absolute Gasteiger partial charge is 0.317 e. The van der Waals surface area contributed by atoms with Crippen molar-refractivity contribution in [2.45, 2.75) is 39.8 Å². The Bertz CT molecular complexity index is 368. The van der Waals surface area contributed by atoms with Gasteiger partial charge in [0.15, 0.2) is 5.82 Å². The second-order valence-corrected chi connectivity index (χ2v) is 4.65. The molecule has 0 atom stereocenters. The standard InChI is InChI=1S/C10H17N3O3/c1-7-11-8(12-16-7)5-13(6-9(14)15)10(2,3)4/h5-6H2,1-4H3,(H,14,15). The average Bonchev–Trinajstić information content (AvgIpc) is 2.47. The van der Waals surface area contributed by atoms with Crippen LogP contribution in [0, 0.1) is 6.92 Å². The third-order valence-electron chi connectivity index (χ3n) is 2.18. The fourth-order valence-electron chi connectivity index (χ4n) is 1.27. The first kappa shape index (κ1) is 12.6. The van der Waals surface area contributed by atoms with Gasteiger partial charge in [-0.3, -0.25) is 9.69 Å². The molecule has 16 heavy (non-hydrogen) atoms. The lowest BCUT2D eigenvalue weighted by Crippen LogP contribution is -2.44. The normalized spacial score (nSPS) is 12.1. The molecule has 0 radical (unpaired) electrons. The van der Waals surface area contributed by atoms with Crippen LogP contribution in [0.3, 0.4) is 0 Å². The summed E-state index contributed by atoms with van der Waals surface area (Å²) in [6.45, 7) is 7.87. The van der Waals surface area contributed by atoms with Crippen LogP contribution in [0.2, 0.25) is 0 Å². The van der Waals surface area contributed by atoms with E-state index in [1.807, 2.05) is 20.8 Å². The Labute approximate surface area is 94.3 Å². The van der Waals surface area contributed by atoms with Crippen molar-refractivity contribution < 1.29 is 14.4 Å². The monoisotopic (exact) mass is 227 g/mol. The largest absolute Gasteiger partial charge is 0.480 e. The number of aryl methyl sites for hydroxylation is 1. The Balaban J connectivity index is 2.74. The number of carbonyl (C=O) groups is 1. The van der Waals surface area contributed by atoms with Gasteiger partial charge in [0.25, 0.3) is 0 Å². The molecule has 0 saturated heterocycles. The predicted octanol–water partition coefficient (Wildman–Crippen LogP) is 1.06. The molecule has 0 fully saturated rings. The molecule has 0 spiro atoms. The van der Waals surface area contributed by atoms with Gasteiger partial charge in [-0.1, -0.05) is 5.16 Å². The molecule has 90 valence electrons. The summed E-state index contributed by atoms with van der Waals surface area (Å²) < 4.78 is 4.85. The zero-order valence-corrected chi connectivity index (χ0v) is 10.0. The van der Waals surface area contributed by atoms with Crippen molar-refractivity contribution in [2.75, 3.05) is 6.54 Å². The van der Waals surface area contributed by atoms with Crippen molar-refractivity contribution in [3.8, 4) is 0 Å². The Morgan fingerprint density at radius 3 is 2.50 bits per heavy atom. The number of carboxylic acids is 1. The third-order valence-corrected chi connectivity index (χ3v) is 2.18. The predicted molar refractivity (Wildman–Crippen MR) is 56.8 cm³/mol. The highest BCUT2D eigenvalue weighted by Gasteiger charge is 2.25. The van der Waals surface area contributed by atoms with Crippen LogP contribution in [0.4, 0.5) is 0 Å². The highest BCUT2D eigenvalue weighted by molar-refractivity contribution is 5.69. The van der Waals surface area contributed by atoms with Crippen molar-refractivity contribution in [2.24, 2.45) is 0 Å². The molecular formula is C10H17N3O3. The lowest BCUT2D eigenvalue weighted by atomic mass is 10.1. The van der Waals surface area contributed by atoms with Gasteiger partial charge in [0.2, 0.25) is 5.89 Å². The number of nitrogens with zero attached hydrogens (tertiary/aromatic N) is 3. The first-order chi connectivity index (χ1) is 7.29. The summed E-state index contributed by atoms with van der Waals surface area (Å²) >= 11 is 0. The molecule has 1 rings (SSSR count). The van der Waals surface area contributed by atoms with Crippen LogP contribution in [-0.4, -0.2) is 38.2 Å². The third kappa shape index (κ3) is 3.62. The maximum atomic E-state index is 10.7. The fraction of sp³-hybridized carbons (Fsp3) is 0.700. The minimum atomic E-state index is -0.866. The summed E-state index contributed by atoms with van der Waals surface area (Å²) in [5.74, 6) is 0.128. The quantitative estimate of drug-likeness (QED) is 0.828. The molecule has 0 aliphatic carbocycles. The number of aromatic nitrogens is 2. The summed E-state index contributed by atoms with van der Waals surface area (Å²) in [6.07, 6.45) is 0. The number of carboxylic acid groups (broad SMARTS) is 1. The van der Waals surface area contributed by atoms with Crippen LogP contribution in [0.1, 0.15) is 32.5 Å². The van der Waals surface area contributed by atoms with Crippen LogP contribution < -0.4 is 0 Å². The lowest BCUT2D eigenvalue weighted by molar-refractivity contribution is -0.140. The van der Waals surface area contributed by atoms with Crippen LogP contribution >= 0.6 is 0 Å². The van der Waals surface area contributed by atoms with E-state index in [1.54, 1.807) is 11.8 Å². The first-order valence-corrected chi connectivity index (χ1v) is 5.05. The van der Waals surface area contributed by atoms with Gasteiger partial charge in [0.05, 0.1) is 13.1 Å². The van der Waals surface area contributed by atoms with E-state index >= 15 is 0 Å². The van der Waals surface area contributed by atoms with Crippen molar-refractivity contribution in [3.05, 3.63) is 11.7 Å². The summed E-state index contributed by atoms with van der Waals surface area (Å²) in [5, 5.41) is 12.6. The summed E-state index contributed by atoms with van der Waals surface area (Å²) in [7, 11) is 0. The molecule has 0 unspecified atom stereocenters. The fourth-order valence-corrected chi connectivity index (χ4v) is 1.27. The molecule has 1 N–H and O–H groups in total. The second kappa shape index (κ2) is 4.61. The van der Waals surface area contributed by atoms with Gasteiger partial charge in [-0.2, -0.15) is 4.98 Å². The maximum absolute atomic E-state index is 10.7. The van der Waals surface area contributed by atoms with E-state index in [2.05, 4.69) is 10.1 Å². The van der Waals surface area contributed by atoms with Crippen LogP contribution in [0.5, 0.6) is 0 Å². The molecule has 1 heterocycles. The molecule has 6 heteroatoms. The van der Waals surface area contributed by atoms with E-state index in [0.717, 1.165) is 0 Å². The first-order valence-electron chi connectivity index (χ1n) is 5.05. The van der Waals surface area contributed by atoms with Crippen molar-refractivity contribution in [1.82, 2.24) is 15.0 Å². The molecule has 0 aliphatic rings. The number of aliphatic carboxylic acids is 1. The molecule has 6 nitrogen and oxygen atoms in total. The summed E-state index contributed by atoms with van der Waals surface area (Å²) in [5.41, 5.74) is -0.257. The van der Waals surface area contributed by atoms with E-state index in [4.69, 9.17) is 9.63 Å². The highest BCUT2D eigenvalue weighted by atomic mass is 16.5. The van der Waals surface area contributed by atoms with E-state index in [0.29, 0.717) is 18.3 Å². The number of hydrogen-bond donors (Lipinski definition) is 1. The van der Waals surface area contributed by atoms with Gasteiger partial charge in [-0.15, -0.1) is 0 Å². The Morgan fingerprint density at radius 2 is 2.12 bits per heavy atom. The Morgan fingerprint density at radius 1 is 1.50 bits per heavy atom. The zero-order chi connectivity index (χ0) is 12.3. The average molecular weight is 227 g/mol. The second-order valence-electron chi connectivity index (χ2n) is 4.65. The van der Waals surface area contributed by atoms with Crippen LogP contribution in [-0.2, 0) is 11.3 Å². The molecule has 1 aromatic rings. The van der Waals surface area contributed by atoms with E-state index in [1.165, 1.54) is 0 Å². The number of rotatable bonds is 4. The van der Waals surface area contributed by atoms with Gasteiger partial charge < -0.3 is 9.63 Å². The lowest BCUT2D eigenvalue weighted by Gasteiger charge is -2.33. The van der Waals surface area contributed by atoms with Gasteiger partial charge >= 0.3 is 5.97 Å². The molecule has 0 amide bonds. The highest BCUT2D eigenvalue weighted by Crippen LogP contribution is 2.15. The molecule has 0 aliphatic heterocycles. The minimum Gasteiger partial charge on any atom is -0.480 e. The maximum Gasteiger partial charge on any atom is 0.317 e.